The maximum absolute atomic E-state index is 12.0. The van der Waals surface area contributed by atoms with E-state index in [4.69, 9.17) is 9.52 Å². The van der Waals surface area contributed by atoms with E-state index in [9.17, 15) is 9.59 Å². The number of rotatable bonds is 3. The number of aromatic carboxylic acids is 1. The predicted octanol–water partition coefficient (Wildman–Crippen LogP) is 2.62. The predicted molar refractivity (Wildman–Crippen MR) is 74.0 cm³/mol. The molecule has 0 saturated heterocycles. The molecule has 3 rings (SSSR count). The summed E-state index contributed by atoms with van der Waals surface area (Å²) in [5.74, 6) is 0.0138. The van der Waals surface area contributed by atoms with Crippen molar-refractivity contribution in [2.45, 2.75) is 11.4 Å². The Labute approximate surface area is 119 Å². The second-order valence-electron chi connectivity index (χ2n) is 4.34. The van der Waals surface area contributed by atoms with Gasteiger partial charge in [-0.25, -0.2) is 4.79 Å². The first-order chi connectivity index (χ1) is 9.65. The number of carboxylic acid groups (broad SMARTS) is 1. The van der Waals surface area contributed by atoms with Crippen LogP contribution in [0.2, 0.25) is 0 Å². The topological polar surface area (TPSA) is 70.8 Å². The van der Waals surface area contributed by atoms with Crippen molar-refractivity contribution in [3.63, 3.8) is 0 Å². The molecule has 6 heteroatoms. The van der Waals surface area contributed by atoms with Crippen LogP contribution < -0.4 is 4.90 Å². The zero-order chi connectivity index (χ0) is 14.1. The normalized spacial score (nSPS) is 14.2. The number of thioether (sulfide) groups is 1. The molecule has 1 aromatic heterocycles. The van der Waals surface area contributed by atoms with E-state index in [2.05, 4.69) is 0 Å². The fourth-order valence-corrected chi connectivity index (χ4v) is 3.04. The summed E-state index contributed by atoms with van der Waals surface area (Å²) in [5, 5.41) is 9.01. The summed E-state index contributed by atoms with van der Waals surface area (Å²) in [6.07, 6.45) is 1.56. The van der Waals surface area contributed by atoms with Crippen molar-refractivity contribution in [1.29, 1.82) is 0 Å². The Bertz CT molecular complexity index is 666. The molecule has 2 aromatic rings. The number of hydrogen-bond acceptors (Lipinski definition) is 4. The molecule has 1 aliphatic heterocycles. The van der Waals surface area contributed by atoms with Crippen LogP contribution in [0.1, 0.15) is 16.1 Å². The van der Waals surface area contributed by atoms with Crippen molar-refractivity contribution in [2.24, 2.45) is 0 Å². The third-order valence-electron chi connectivity index (χ3n) is 3.04. The van der Waals surface area contributed by atoms with E-state index in [0.29, 0.717) is 18.1 Å². The summed E-state index contributed by atoms with van der Waals surface area (Å²) in [7, 11) is 0. The molecule has 2 heterocycles. The number of carboxylic acids is 1. The van der Waals surface area contributed by atoms with Gasteiger partial charge in [-0.05, 0) is 30.3 Å². The van der Waals surface area contributed by atoms with Crippen LogP contribution in [0.5, 0.6) is 0 Å². The number of anilines is 1. The van der Waals surface area contributed by atoms with E-state index in [-0.39, 0.29) is 11.5 Å². The van der Waals surface area contributed by atoms with Crippen LogP contribution in [0, 0.1) is 0 Å². The van der Waals surface area contributed by atoms with Crippen LogP contribution in [-0.2, 0) is 11.3 Å². The van der Waals surface area contributed by atoms with Crippen LogP contribution in [0.25, 0.3) is 0 Å². The lowest BCUT2D eigenvalue weighted by Gasteiger charge is -2.28. The third kappa shape index (κ3) is 2.30. The Balaban J connectivity index is 1.96. The molecule has 0 bridgehead atoms. The van der Waals surface area contributed by atoms with Gasteiger partial charge in [0, 0.05) is 4.90 Å². The van der Waals surface area contributed by atoms with Crippen LogP contribution in [0.3, 0.4) is 0 Å². The number of nitrogens with zero attached hydrogens (tertiary/aromatic N) is 1. The molecule has 0 fully saturated rings. The number of amides is 1. The summed E-state index contributed by atoms with van der Waals surface area (Å²) in [4.78, 5) is 25.5. The number of hydrogen-bond donors (Lipinski definition) is 1. The zero-order valence-corrected chi connectivity index (χ0v) is 11.2. The number of benzene rings is 1. The van der Waals surface area contributed by atoms with Gasteiger partial charge in [0.15, 0.2) is 0 Å². The van der Waals surface area contributed by atoms with Crippen LogP contribution in [-0.4, -0.2) is 22.7 Å². The molecular formula is C14H11NO4S. The summed E-state index contributed by atoms with van der Waals surface area (Å²) < 4.78 is 5.27. The van der Waals surface area contributed by atoms with Gasteiger partial charge in [-0.2, -0.15) is 0 Å². The summed E-state index contributed by atoms with van der Waals surface area (Å²) in [6.45, 7) is 0.353. The van der Waals surface area contributed by atoms with E-state index >= 15 is 0 Å². The highest BCUT2D eigenvalue weighted by Gasteiger charge is 2.26. The van der Waals surface area contributed by atoms with Crippen molar-refractivity contribution in [3.8, 4) is 0 Å². The molecular weight excluding hydrogens is 278 g/mol. The van der Waals surface area contributed by atoms with Gasteiger partial charge in [0.2, 0.25) is 5.91 Å². The van der Waals surface area contributed by atoms with E-state index in [1.165, 1.54) is 17.8 Å². The minimum absolute atomic E-state index is 0.0121. The van der Waals surface area contributed by atoms with Crippen molar-refractivity contribution in [2.75, 3.05) is 10.7 Å². The second kappa shape index (κ2) is 5.05. The van der Waals surface area contributed by atoms with Gasteiger partial charge in [-0.15, -0.1) is 11.8 Å². The van der Waals surface area contributed by atoms with Crippen LogP contribution >= 0.6 is 11.8 Å². The van der Waals surface area contributed by atoms with E-state index in [1.54, 1.807) is 35.4 Å². The first kappa shape index (κ1) is 12.8. The largest absolute Gasteiger partial charge is 0.478 e. The molecule has 0 unspecified atom stereocenters. The fourth-order valence-electron chi connectivity index (χ4n) is 2.07. The highest BCUT2D eigenvalue weighted by atomic mass is 32.2. The fraction of sp³-hybridized carbons (Fsp3) is 0.143. The number of carbonyl (C=O) groups excluding carboxylic acids is 1. The quantitative estimate of drug-likeness (QED) is 0.940. The van der Waals surface area contributed by atoms with Gasteiger partial charge in [0.05, 0.1) is 29.8 Å². The average Bonchev–Trinajstić information content (AvgIpc) is 2.94. The molecule has 1 amide bonds. The Morgan fingerprint density at radius 1 is 1.40 bits per heavy atom. The highest BCUT2D eigenvalue weighted by Crippen LogP contribution is 2.36. The molecule has 0 spiro atoms. The molecule has 1 aliphatic rings. The summed E-state index contributed by atoms with van der Waals surface area (Å²) >= 11 is 1.36. The smallest absolute Gasteiger partial charge is 0.335 e. The zero-order valence-electron chi connectivity index (χ0n) is 10.4. The molecule has 5 nitrogen and oxygen atoms in total. The molecule has 1 aromatic carbocycles. The lowest BCUT2D eigenvalue weighted by atomic mass is 10.2. The van der Waals surface area contributed by atoms with Crippen molar-refractivity contribution in [3.05, 3.63) is 47.9 Å². The van der Waals surface area contributed by atoms with Crippen LogP contribution in [0.15, 0.2) is 45.9 Å². The molecule has 0 atom stereocenters. The Hall–Kier alpha value is -2.21. The summed E-state index contributed by atoms with van der Waals surface area (Å²) in [5.41, 5.74) is 0.955. The molecule has 20 heavy (non-hydrogen) atoms. The Kier molecular flexibility index (Phi) is 3.23. The minimum Gasteiger partial charge on any atom is -0.478 e. The third-order valence-corrected chi connectivity index (χ3v) is 4.07. The standard InChI is InChI=1S/C14H11NO4S/c16-13-8-20-12-6-9(14(17)18)3-4-11(12)15(13)7-10-2-1-5-19-10/h1-6H,7-8H2,(H,17,18). The number of carbonyl (C=O) groups is 2. The highest BCUT2D eigenvalue weighted by molar-refractivity contribution is 8.00. The van der Waals surface area contributed by atoms with Gasteiger partial charge in [0.25, 0.3) is 0 Å². The SMILES string of the molecule is O=C(O)c1ccc2c(c1)SCC(=O)N2Cc1ccco1. The monoisotopic (exact) mass is 289 g/mol. The molecule has 0 radical (unpaired) electrons. The van der Waals surface area contributed by atoms with Gasteiger partial charge in [0.1, 0.15) is 5.76 Å². The summed E-state index contributed by atoms with van der Waals surface area (Å²) in [6, 6.07) is 8.36. The van der Waals surface area contributed by atoms with Crippen molar-refractivity contribution < 1.29 is 19.1 Å². The van der Waals surface area contributed by atoms with Gasteiger partial charge < -0.3 is 14.4 Å². The lowest BCUT2D eigenvalue weighted by molar-refractivity contribution is -0.116. The Morgan fingerprint density at radius 3 is 2.95 bits per heavy atom. The number of furan rings is 1. The van der Waals surface area contributed by atoms with Crippen LogP contribution in [0.4, 0.5) is 5.69 Å². The average molecular weight is 289 g/mol. The molecule has 1 N–H and O–H groups in total. The van der Waals surface area contributed by atoms with E-state index in [1.807, 2.05) is 0 Å². The first-order valence-electron chi connectivity index (χ1n) is 5.98. The molecule has 0 saturated carbocycles. The van der Waals surface area contributed by atoms with E-state index < -0.39 is 5.97 Å². The minimum atomic E-state index is -0.970. The van der Waals surface area contributed by atoms with Gasteiger partial charge in [-0.3, -0.25) is 4.79 Å². The molecule has 0 aliphatic carbocycles. The van der Waals surface area contributed by atoms with Gasteiger partial charge in [-0.1, -0.05) is 0 Å². The maximum Gasteiger partial charge on any atom is 0.335 e. The van der Waals surface area contributed by atoms with Crippen molar-refractivity contribution >= 4 is 29.3 Å². The molecule has 102 valence electrons. The van der Waals surface area contributed by atoms with Gasteiger partial charge >= 0.3 is 5.97 Å². The lowest BCUT2D eigenvalue weighted by Crippen LogP contribution is -2.34. The first-order valence-corrected chi connectivity index (χ1v) is 6.96. The second-order valence-corrected chi connectivity index (χ2v) is 5.35. The Morgan fingerprint density at radius 2 is 2.25 bits per heavy atom. The maximum atomic E-state index is 12.0. The van der Waals surface area contributed by atoms with Crippen molar-refractivity contribution in [1.82, 2.24) is 0 Å². The number of fused-ring (bicyclic) bond motifs is 1. The van der Waals surface area contributed by atoms with E-state index in [0.717, 1.165) is 10.6 Å².